The van der Waals surface area contributed by atoms with Gasteiger partial charge in [0, 0.05) is 19.3 Å². The van der Waals surface area contributed by atoms with Gasteiger partial charge in [0.15, 0.2) is 0 Å². The topological polar surface area (TPSA) is 38.1 Å². The van der Waals surface area contributed by atoms with Crippen LogP contribution in [0.25, 0.3) is 5.69 Å². The van der Waals surface area contributed by atoms with E-state index in [1.165, 1.54) is 32.1 Å². The van der Waals surface area contributed by atoms with Gasteiger partial charge in [-0.1, -0.05) is 37.5 Å². The van der Waals surface area contributed by atoms with Crippen LogP contribution in [0.4, 0.5) is 0 Å². The van der Waals surface area contributed by atoms with Crippen molar-refractivity contribution in [3.8, 4) is 5.69 Å². The number of aromatic nitrogens is 2. The highest BCUT2D eigenvalue weighted by Gasteiger charge is 2.33. The smallest absolute Gasteiger partial charge is 0.257 e. The van der Waals surface area contributed by atoms with Gasteiger partial charge in [-0.05, 0) is 36.8 Å². The number of hydrogen-bond donors (Lipinski definition) is 0. The first-order chi connectivity index (χ1) is 11.3. The van der Waals surface area contributed by atoms with Gasteiger partial charge in [0.2, 0.25) is 0 Å². The monoisotopic (exact) mass is 309 g/mol. The lowest BCUT2D eigenvalue weighted by atomic mass is 9.75. The first-order valence-electron chi connectivity index (χ1n) is 8.70. The summed E-state index contributed by atoms with van der Waals surface area (Å²) in [6.07, 6.45) is 10.1. The highest BCUT2D eigenvalue weighted by molar-refractivity contribution is 5.93. The third kappa shape index (κ3) is 2.90. The lowest BCUT2D eigenvalue weighted by molar-refractivity contribution is 0.0521. The predicted octanol–water partition coefficient (Wildman–Crippen LogP) is 3.52. The molecule has 1 aliphatic carbocycles. The summed E-state index contributed by atoms with van der Waals surface area (Å²) < 4.78 is 1.78. The van der Waals surface area contributed by atoms with Crippen LogP contribution in [0.2, 0.25) is 0 Å². The van der Waals surface area contributed by atoms with Gasteiger partial charge in [0.25, 0.3) is 5.91 Å². The molecule has 1 aromatic heterocycles. The minimum Gasteiger partial charge on any atom is -0.338 e. The SMILES string of the molecule is O=C(c1cnn(-c2ccccc2)c1)N1CC[C@@H]2CCCC[C@H]2C1. The second-order valence-corrected chi connectivity index (χ2v) is 6.85. The Bertz CT molecular complexity index is 679. The predicted molar refractivity (Wildman–Crippen MR) is 89.5 cm³/mol. The van der Waals surface area contributed by atoms with Crippen LogP contribution in [0.15, 0.2) is 42.7 Å². The largest absolute Gasteiger partial charge is 0.338 e. The molecule has 0 N–H and O–H groups in total. The molecule has 4 heteroatoms. The van der Waals surface area contributed by atoms with Gasteiger partial charge in [-0.2, -0.15) is 5.10 Å². The third-order valence-corrected chi connectivity index (χ3v) is 5.43. The Kier molecular flexibility index (Phi) is 3.90. The van der Waals surface area contributed by atoms with Gasteiger partial charge in [-0.3, -0.25) is 4.79 Å². The maximum absolute atomic E-state index is 12.8. The standard InChI is InChI=1S/C19H23N3O/c23-19(21-11-10-15-6-4-5-7-16(15)13-21)17-12-20-22(14-17)18-8-2-1-3-9-18/h1-3,8-9,12,14-16H,4-7,10-11,13H2/t15-,16-/m0/s1. The number of nitrogens with zero attached hydrogens (tertiary/aromatic N) is 3. The Labute approximate surface area is 137 Å². The van der Waals surface area contributed by atoms with Crippen molar-refractivity contribution in [3.63, 3.8) is 0 Å². The summed E-state index contributed by atoms with van der Waals surface area (Å²) in [6.45, 7) is 1.83. The van der Waals surface area contributed by atoms with E-state index in [1.807, 2.05) is 41.4 Å². The number of amides is 1. The molecule has 2 aromatic rings. The summed E-state index contributed by atoms with van der Waals surface area (Å²) in [7, 11) is 0. The average molecular weight is 309 g/mol. The lowest BCUT2D eigenvalue weighted by Crippen LogP contribution is -2.44. The summed E-state index contributed by atoms with van der Waals surface area (Å²) in [5.74, 6) is 1.70. The van der Waals surface area contributed by atoms with Crippen molar-refractivity contribution in [2.75, 3.05) is 13.1 Å². The molecule has 0 radical (unpaired) electrons. The Balaban J connectivity index is 1.48. The number of benzene rings is 1. The van der Waals surface area contributed by atoms with E-state index < -0.39 is 0 Å². The van der Waals surface area contributed by atoms with E-state index in [9.17, 15) is 4.79 Å². The Morgan fingerprint density at radius 1 is 1.04 bits per heavy atom. The molecular formula is C19H23N3O. The van der Waals surface area contributed by atoms with E-state index in [1.54, 1.807) is 10.9 Å². The van der Waals surface area contributed by atoms with Crippen LogP contribution in [0.1, 0.15) is 42.5 Å². The molecule has 0 unspecified atom stereocenters. The van der Waals surface area contributed by atoms with Crippen molar-refractivity contribution < 1.29 is 4.79 Å². The van der Waals surface area contributed by atoms with Crippen molar-refractivity contribution >= 4 is 5.91 Å². The van der Waals surface area contributed by atoms with Crippen LogP contribution in [-0.4, -0.2) is 33.7 Å². The molecule has 4 rings (SSSR count). The highest BCUT2D eigenvalue weighted by Crippen LogP contribution is 2.36. The molecule has 2 fully saturated rings. The molecule has 1 aromatic carbocycles. The maximum atomic E-state index is 12.8. The molecule has 1 saturated carbocycles. The number of carbonyl (C=O) groups excluding carboxylic acids is 1. The maximum Gasteiger partial charge on any atom is 0.257 e. The highest BCUT2D eigenvalue weighted by atomic mass is 16.2. The molecule has 0 spiro atoms. The fourth-order valence-corrected chi connectivity index (χ4v) is 4.12. The molecule has 1 saturated heterocycles. The molecular weight excluding hydrogens is 286 g/mol. The van der Waals surface area contributed by atoms with Crippen molar-refractivity contribution in [3.05, 3.63) is 48.3 Å². The number of para-hydroxylation sites is 1. The summed E-state index contributed by atoms with van der Waals surface area (Å²) in [4.78, 5) is 14.8. The Morgan fingerprint density at radius 2 is 1.83 bits per heavy atom. The van der Waals surface area contributed by atoms with Crippen molar-refractivity contribution in [1.82, 2.24) is 14.7 Å². The number of rotatable bonds is 2. The Morgan fingerprint density at radius 3 is 2.65 bits per heavy atom. The number of fused-ring (bicyclic) bond motifs is 1. The summed E-state index contributed by atoms with van der Waals surface area (Å²) in [5.41, 5.74) is 1.68. The summed E-state index contributed by atoms with van der Waals surface area (Å²) >= 11 is 0. The first-order valence-corrected chi connectivity index (χ1v) is 8.70. The molecule has 1 amide bonds. The molecule has 2 atom stereocenters. The minimum absolute atomic E-state index is 0.135. The Hall–Kier alpha value is -2.10. The summed E-state index contributed by atoms with van der Waals surface area (Å²) in [6, 6.07) is 9.93. The van der Waals surface area contributed by atoms with Crippen LogP contribution in [0, 0.1) is 11.8 Å². The van der Waals surface area contributed by atoms with Crippen LogP contribution in [0.5, 0.6) is 0 Å². The van der Waals surface area contributed by atoms with E-state index in [0.717, 1.165) is 24.7 Å². The zero-order chi connectivity index (χ0) is 15.6. The van der Waals surface area contributed by atoms with Gasteiger partial charge in [0.1, 0.15) is 0 Å². The fourth-order valence-electron chi connectivity index (χ4n) is 4.12. The van der Waals surface area contributed by atoms with E-state index in [-0.39, 0.29) is 5.91 Å². The first kappa shape index (κ1) is 14.5. The molecule has 4 nitrogen and oxygen atoms in total. The van der Waals surface area contributed by atoms with E-state index in [0.29, 0.717) is 11.5 Å². The molecule has 2 aliphatic rings. The lowest BCUT2D eigenvalue weighted by Gasteiger charge is -2.41. The van der Waals surface area contributed by atoms with Gasteiger partial charge in [0.05, 0.1) is 17.4 Å². The number of carbonyl (C=O) groups is 1. The fraction of sp³-hybridized carbons (Fsp3) is 0.474. The molecule has 2 heterocycles. The quantitative estimate of drug-likeness (QED) is 0.851. The second-order valence-electron chi connectivity index (χ2n) is 6.85. The van der Waals surface area contributed by atoms with Crippen LogP contribution < -0.4 is 0 Å². The van der Waals surface area contributed by atoms with E-state index in [4.69, 9.17) is 0 Å². The minimum atomic E-state index is 0.135. The van der Waals surface area contributed by atoms with E-state index >= 15 is 0 Å². The van der Waals surface area contributed by atoms with Crippen LogP contribution in [0.3, 0.4) is 0 Å². The summed E-state index contributed by atoms with van der Waals surface area (Å²) in [5, 5.41) is 4.35. The van der Waals surface area contributed by atoms with Gasteiger partial charge < -0.3 is 4.90 Å². The number of piperidine rings is 1. The van der Waals surface area contributed by atoms with Crippen molar-refractivity contribution in [1.29, 1.82) is 0 Å². The molecule has 120 valence electrons. The zero-order valence-electron chi connectivity index (χ0n) is 13.4. The normalized spacial score (nSPS) is 24.3. The zero-order valence-corrected chi connectivity index (χ0v) is 13.4. The van der Waals surface area contributed by atoms with Crippen LogP contribution in [-0.2, 0) is 0 Å². The van der Waals surface area contributed by atoms with Crippen molar-refractivity contribution in [2.24, 2.45) is 11.8 Å². The van der Waals surface area contributed by atoms with Gasteiger partial charge >= 0.3 is 0 Å². The number of hydrogen-bond acceptors (Lipinski definition) is 2. The molecule has 1 aliphatic heterocycles. The molecule has 0 bridgehead atoms. The number of likely N-dealkylation sites (tertiary alicyclic amines) is 1. The van der Waals surface area contributed by atoms with E-state index in [2.05, 4.69) is 5.10 Å². The second kappa shape index (κ2) is 6.19. The van der Waals surface area contributed by atoms with Gasteiger partial charge in [-0.25, -0.2) is 4.68 Å². The average Bonchev–Trinajstić information content (AvgIpc) is 3.11. The molecule has 23 heavy (non-hydrogen) atoms. The van der Waals surface area contributed by atoms with Gasteiger partial charge in [-0.15, -0.1) is 0 Å². The van der Waals surface area contributed by atoms with Crippen LogP contribution >= 0.6 is 0 Å². The third-order valence-electron chi connectivity index (χ3n) is 5.43. The van der Waals surface area contributed by atoms with Crippen molar-refractivity contribution in [2.45, 2.75) is 32.1 Å².